The molecule has 114 valence electrons. The van der Waals surface area contributed by atoms with Gasteiger partial charge in [0.15, 0.2) is 0 Å². The summed E-state index contributed by atoms with van der Waals surface area (Å²) in [5.74, 6) is 0.959. The van der Waals surface area contributed by atoms with Gasteiger partial charge in [0.05, 0.1) is 6.61 Å². The Balaban J connectivity index is 2.80. The number of ether oxygens (including phenoxy) is 2. The Morgan fingerprint density at radius 1 is 1.15 bits per heavy atom. The standard InChI is InChI=1S/C17H29NO2/c1-12-8-13(2)14(3)16(9-12)20-15(11-19-7)10-18-17(4,5)6/h8-9,15,18H,10-11H2,1-7H3. The zero-order chi connectivity index (χ0) is 15.3. The third-order valence-corrected chi connectivity index (χ3v) is 3.27. The van der Waals surface area contributed by atoms with Gasteiger partial charge >= 0.3 is 0 Å². The predicted octanol–water partition coefficient (Wildman–Crippen LogP) is 3.39. The molecule has 1 unspecified atom stereocenters. The van der Waals surface area contributed by atoms with Gasteiger partial charge in [0, 0.05) is 19.2 Å². The minimum absolute atomic E-state index is 0.0131. The smallest absolute Gasteiger partial charge is 0.134 e. The maximum absolute atomic E-state index is 6.16. The fraction of sp³-hybridized carbons (Fsp3) is 0.647. The van der Waals surface area contributed by atoms with Crippen molar-refractivity contribution in [2.75, 3.05) is 20.3 Å². The first-order chi connectivity index (χ1) is 9.23. The molecule has 20 heavy (non-hydrogen) atoms. The summed E-state index contributed by atoms with van der Waals surface area (Å²) >= 11 is 0. The van der Waals surface area contributed by atoms with Crippen LogP contribution in [0.4, 0.5) is 0 Å². The van der Waals surface area contributed by atoms with E-state index < -0.39 is 0 Å². The van der Waals surface area contributed by atoms with E-state index in [9.17, 15) is 0 Å². The number of benzene rings is 1. The molecule has 0 saturated carbocycles. The van der Waals surface area contributed by atoms with E-state index in [4.69, 9.17) is 9.47 Å². The summed E-state index contributed by atoms with van der Waals surface area (Å²) in [5.41, 5.74) is 3.77. The molecule has 0 aliphatic rings. The molecule has 0 radical (unpaired) electrons. The highest BCUT2D eigenvalue weighted by Crippen LogP contribution is 2.24. The summed E-state index contributed by atoms with van der Waals surface area (Å²) in [6.07, 6.45) is 0.0131. The third-order valence-electron chi connectivity index (χ3n) is 3.27. The van der Waals surface area contributed by atoms with E-state index in [0.717, 1.165) is 12.3 Å². The van der Waals surface area contributed by atoms with Crippen LogP contribution in [0.1, 0.15) is 37.5 Å². The molecular formula is C17H29NO2. The lowest BCUT2D eigenvalue weighted by Gasteiger charge is -2.26. The number of hydrogen-bond donors (Lipinski definition) is 1. The van der Waals surface area contributed by atoms with Crippen molar-refractivity contribution in [3.05, 3.63) is 28.8 Å². The maximum atomic E-state index is 6.16. The molecule has 0 heterocycles. The van der Waals surface area contributed by atoms with E-state index >= 15 is 0 Å². The molecule has 1 aromatic rings. The minimum atomic E-state index is 0.0131. The summed E-state index contributed by atoms with van der Waals surface area (Å²) in [6.45, 7) is 14.1. The third kappa shape index (κ3) is 5.51. The van der Waals surface area contributed by atoms with Gasteiger partial charge in [-0.1, -0.05) is 6.07 Å². The molecular weight excluding hydrogens is 250 g/mol. The van der Waals surface area contributed by atoms with Gasteiger partial charge in [0.2, 0.25) is 0 Å². The van der Waals surface area contributed by atoms with Crippen LogP contribution in [-0.2, 0) is 4.74 Å². The van der Waals surface area contributed by atoms with Gasteiger partial charge in [-0.15, -0.1) is 0 Å². The van der Waals surface area contributed by atoms with Crippen molar-refractivity contribution in [1.29, 1.82) is 0 Å². The largest absolute Gasteiger partial charge is 0.486 e. The average molecular weight is 279 g/mol. The van der Waals surface area contributed by atoms with Crippen LogP contribution in [-0.4, -0.2) is 31.9 Å². The number of hydrogen-bond acceptors (Lipinski definition) is 3. The van der Waals surface area contributed by atoms with Gasteiger partial charge < -0.3 is 14.8 Å². The van der Waals surface area contributed by atoms with Crippen LogP contribution < -0.4 is 10.1 Å². The number of methoxy groups -OCH3 is 1. The zero-order valence-corrected chi connectivity index (χ0v) is 14.0. The maximum Gasteiger partial charge on any atom is 0.134 e. The quantitative estimate of drug-likeness (QED) is 0.866. The van der Waals surface area contributed by atoms with Gasteiger partial charge in [-0.3, -0.25) is 0 Å². The van der Waals surface area contributed by atoms with E-state index in [0.29, 0.717) is 6.61 Å². The molecule has 0 spiro atoms. The molecule has 0 bridgehead atoms. The second kappa shape index (κ2) is 7.09. The number of aryl methyl sites for hydroxylation is 2. The van der Waals surface area contributed by atoms with E-state index in [-0.39, 0.29) is 11.6 Å². The average Bonchev–Trinajstić information content (AvgIpc) is 2.31. The topological polar surface area (TPSA) is 30.5 Å². The van der Waals surface area contributed by atoms with Gasteiger partial charge in [-0.05, 0) is 64.3 Å². The van der Waals surface area contributed by atoms with Crippen molar-refractivity contribution in [2.45, 2.75) is 53.2 Å². The van der Waals surface area contributed by atoms with Crippen LogP contribution in [0, 0.1) is 20.8 Å². The second-order valence-corrected chi connectivity index (χ2v) is 6.53. The first-order valence-corrected chi connectivity index (χ1v) is 7.21. The van der Waals surface area contributed by atoms with Gasteiger partial charge in [0.1, 0.15) is 11.9 Å². The fourth-order valence-corrected chi connectivity index (χ4v) is 2.04. The van der Waals surface area contributed by atoms with Crippen molar-refractivity contribution in [1.82, 2.24) is 5.32 Å². The van der Waals surface area contributed by atoms with Crippen LogP contribution in [0.25, 0.3) is 0 Å². The van der Waals surface area contributed by atoms with Crippen molar-refractivity contribution < 1.29 is 9.47 Å². The molecule has 1 rings (SSSR count). The zero-order valence-electron chi connectivity index (χ0n) is 14.0. The van der Waals surface area contributed by atoms with Crippen molar-refractivity contribution in [3.8, 4) is 5.75 Å². The van der Waals surface area contributed by atoms with Crippen LogP contribution in [0.3, 0.4) is 0 Å². The molecule has 1 atom stereocenters. The van der Waals surface area contributed by atoms with Crippen LogP contribution in [0.2, 0.25) is 0 Å². The molecule has 3 nitrogen and oxygen atoms in total. The minimum Gasteiger partial charge on any atom is -0.486 e. The molecule has 0 fully saturated rings. The molecule has 0 aromatic heterocycles. The van der Waals surface area contributed by atoms with Crippen molar-refractivity contribution >= 4 is 0 Å². The molecule has 0 aliphatic heterocycles. The predicted molar refractivity (Wildman–Crippen MR) is 84.7 cm³/mol. The van der Waals surface area contributed by atoms with Gasteiger partial charge in [-0.25, -0.2) is 0 Å². The lowest BCUT2D eigenvalue weighted by molar-refractivity contribution is 0.0760. The summed E-state index contributed by atoms with van der Waals surface area (Å²) in [4.78, 5) is 0. The Bertz CT molecular complexity index is 435. The molecule has 0 aliphatic carbocycles. The highest BCUT2D eigenvalue weighted by molar-refractivity contribution is 5.42. The molecule has 0 amide bonds. The lowest BCUT2D eigenvalue weighted by atomic mass is 10.1. The Morgan fingerprint density at radius 2 is 1.80 bits per heavy atom. The first-order valence-electron chi connectivity index (χ1n) is 7.21. The Morgan fingerprint density at radius 3 is 2.35 bits per heavy atom. The normalized spacial score (nSPS) is 13.3. The lowest BCUT2D eigenvalue weighted by Crippen LogP contribution is -2.44. The van der Waals surface area contributed by atoms with E-state index in [1.807, 2.05) is 0 Å². The van der Waals surface area contributed by atoms with Crippen molar-refractivity contribution in [2.24, 2.45) is 0 Å². The molecule has 0 saturated heterocycles. The summed E-state index contributed by atoms with van der Waals surface area (Å²) in [7, 11) is 1.71. The monoisotopic (exact) mass is 279 g/mol. The summed E-state index contributed by atoms with van der Waals surface area (Å²) in [5, 5.41) is 3.47. The van der Waals surface area contributed by atoms with Crippen LogP contribution >= 0.6 is 0 Å². The highest BCUT2D eigenvalue weighted by atomic mass is 16.5. The molecule has 1 N–H and O–H groups in total. The first kappa shape index (κ1) is 17.0. The Kier molecular flexibility index (Phi) is 6.03. The molecule has 1 aromatic carbocycles. The van der Waals surface area contributed by atoms with Crippen molar-refractivity contribution in [3.63, 3.8) is 0 Å². The van der Waals surface area contributed by atoms with Gasteiger partial charge in [-0.2, -0.15) is 0 Å². The highest BCUT2D eigenvalue weighted by Gasteiger charge is 2.17. The SMILES string of the molecule is COCC(CNC(C)(C)C)Oc1cc(C)cc(C)c1C. The van der Waals surface area contributed by atoms with E-state index in [1.54, 1.807) is 7.11 Å². The second-order valence-electron chi connectivity index (χ2n) is 6.53. The van der Waals surface area contributed by atoms with Gasteiger partial charge in [0.25, 0.3) is 0 Å². The Hall–Kier alpha value is -1.06. The molecule has 3 heteroatoms. The summed E-state index contributed by atoms with van der Waals surface area (Å²) in [6, 6.07) is 4.28. The number of nitrogens with one attached hydrogen (secondary N) is 1. The van der Waals surface area contributed by atoms with E-state index in [1.165, 1.54) is 16.7 Å². The Labute approximate surface area is 123 Å². The summed E-state index contributed by atoms with van der Waals surface area (Å²) < 4.78 is 11.4. The number of rotatable bonds is 6. The van der Waals surface area contributed by atoms with Crippen LogP contribution in [0.15, 0.2) is 12.1 Å². The fourth-order valence-electron chi connectivity index (χ4n) is 2.04. The van der Waals surface area contributed by atoms with Crippen LogP contribution in [0.5, 0.6) is 5.75 Å². The van der Waals surface area contributed by atoms with E-state index in [2.05, 4.69) is 59.0 Å².